The van der Waals surface area contributed by atoms with Crippen LogP contribution in [0.15, 0.2) is 36.4 Å². The van der Waals surface area contributed by atoms with Crippen LogP contribution in [0.5, 0.6) is 0 Å². The van der Waals surface area contributed by atoms with Crippen LogP contribution >= 0.6 is 0 Å². The van der Waals surface area contributed by atoms with Gasteiger partial charge in [0.25, 0.3) is 0 Å². The molecular weight excluding hydrogens is 274 g/mol. The number of benzene rings is 2. The third-order valence-electron chi connectivity index (χ3n) is 3.70. The molecule has 1 N–H and O–H groups in total. The number of rotatable bonds is 5. The van der Waals surface area contributed by atoms with Crippen LogP contribution in [0.2, 0.25) is 0 Å². The Kier molecular flexibility index (Phi) is 4.76. The lowest BCUT2D eigenvalue weighted by molar-refractivity contribution is 0.0999. The molecule has 0 aromatic heterocycles. The SMILES string of the molecule is CC(=O)c1ccc(NCC(=O)c2c(C)cc(C)cc2C)cc1. The first-order valence-electron chi connectivity index (χ1n) is 7.34. The number of anilines is 1. The Balaban J connectivity index is 2.08. The number of ketones is 2. The summed E-state index contributed by atoms with van der Waals surface area (Å²) in [6, 6.07) is 11.2. The van der Waals surface area contributed by atoms with Crippen LogP contribution in [0.3, 0.4) is 0 Å². The molecule has 0 atom stereocenters. The Morgan fingerprint density at radius 1 is 0.955 bits per heavy atom. The first-order chi connectivity index (χ1) is 10.4. The van der Waals surface area contributed by atoms with Crippen LogP contribution in [-0.2, 0) is 0 Å². The van der Waals surface area contributed by atoms with Gasteiger partial charge in [0.05, 0.1) is 6.54 Å². The summed E-state index contributed by atoms with van der Waals surface area (Å²) < 4.78 is 0. The largest absolute Gasteiger partial charge is 0.378 e. The summed E-state index contributed by atoms with van der Waals surface area (Å²) in [5, 5.41) is 3.12. The van der Waals surface area contributed by atoms with Crippen molar-refractivity contribution in [2.24, 2.45) is 0 Å². The number of carbonyl (C=O) groups is 2. The van der Waals surface area contributed by atoms with Crippen molar-refractivity contribution in [3.8, 4) is 0 Å². The quantitative estimate of drug-likeness (QED) is 0.844. The number of hydrogen-bond acceptors (Lipinski definition) is 3. The fourth-order valence-corrected chi connectivity index (χ4v) is 2.71. The Bertz CT molecular complexity index is 692. The van der Waals surface area contributed by atoms with Gasteiger partial charge in [-0.3, -0.25) is 9.59 Å². The smallest absolute Gasteiger partial charge is 0.182 e. The summed E-state index contributed by atoms with van der Waals surface area (Å²) in [6.45, 7) is 7.74. The minimum Gasteiger partial charge on any atom is -0.378 e. The molecule has 0 bridgehead atoms. The highest BCUT2D eigenvalue weighted by Gasteiger charge is 2.12. The van der Waals surface area contributed by atoms with Gasteiger partial charge in [-0.1, -0.05) is 17.7 Å². The third-order valence-corrected chi connectivity index (χ3v) is 3.70. The predicted molar refractivity (Wildman–Crippen MR) is 89.9 cm³/mol. The average Bonchev–Trinajstić information content (AvgIpc) is 2.44. The average molecular weight is 295 g/mol. The number of Topliss-reactive ketones (excluding diaryl/α,β-unsaturated/α-hetero) is 2. The molecule has 2 aromatic carbocycles. The molecule has 0 aliphatic rings. The van der Waals surface area contributed by atoms with Gasteiger partial charge in [0.1, 0.15) is 0 Å². The fraction of sp³-hybridized carbons (Fsp3) is 0.263. The maximum absolute atomic E-state index is 12.4. The molecule has 3 nitrogen and oxygen atoms in total. The summed E-state index contributed by atoms with van der Waals surface area (Å²) in [5.41, 5.74) is 5.48. The van der Waals surface area contributed by atoms with Crippen LogP contribution in [-0.4, -0.2) is 18.1 Å². The van der Waals surface area contributed by atoms with Crippen molar-refractivity contribution in [1.29, 1.82) is 0 Å². The lowest BCUT2D eigenvalue weighted by Crippen LogP contribution is -2.16. The maximum atomic E-state index is 12.4. The zero-order valence-electron chi connectivity index (χ0n) is 13.5. The van der Waals surface area contributed by atoms with E-state index in [1.807, 2.05) is 45.0 Å². The second kappa shape index (κ2) is 6.56. The molecule has 0 aliphatic heterocycles. The zero-order valence-corrected chi connectivity index (χ0v) is 13.5. The summed E-state index contributed by atoms with van der Waals surface area (Å²) in [7, 11) is 0. The number of aryl methyl sites for hydroxylation is 3. The van der Waals surface area contributed by atoms with Crippen molar-refractivity contribution in [2.45, 2.75) is 27.7 Å². The van der Waals surface area contributed by atoms with E-state index in [-0.39, 0.29) is 18.1 Å². The van der Waals surface area contributed by atoms with Crippen molar-refractivity contribution in [3.05, 3.63) is 64.2 Å². The highest BCUT2D eigenvalue weighted by molar-refractivity contribution is 6.01. The van der Waals surface area contributed by atoms with Gasteiger partial charge in [-0.05, 0) is 63.1 Å². The maximum Gasteiger partial charge on any atom is 0.182 e. The summed E-state index contributed by atoms with van der Waals surface area (Å²) in [6.07, 6.45) is 0. The van der Waals surface area contributed by atoms with Gasteiger partial charge in [0, 0.05) is 16.8 Å². The van der Waals surface area contributed by atoms with Crippen LogP contribution in [0.25, 0.3) is 0 Å². The van der Waals surface area contributed by atoms with Crippen LogP contribution in [0.4, 0.5) is 5.69 Å². The van der Waals surface area contributed by atoms with Gasteiger partial charge in [0.2, 0.25) is 0 Å². The molecule has 2 rings (SSSR count). The van der Waals surface area contributed by atoms with E-state index >= 15 is 0 Å². The molecule has 0 radical (unpaired) electrons. The summed E-state index contributed by atoms with van der Waals surface area (Å²) in [4.78, 5) is 23.7. The summed E-state index contributed by atoms with van der Waals surface area (Å²) in [5.74, 6) is 0.110. The lowest BCUT2D eigenvalue weighted by Gasteiger charge is -2.12. The van der Waals surface area contributed by atoms with Crippen LogP contribution < -0.4 is 5.32 Å². The fourth-order valence-electron chi connectivity index (χ4n) is 2.71. The van der Waals surface area contributed by atoms with Crippen molar-refractivity contribution in [1.82, 2.24) is 0 Å². The molecule has 0 heterocycles. The zero-order chi connectivity index (χ0) is 16.3. The molecule has 0 aliphatic carbocycles. The van der Waals surface area contributed by atoms with E-state index in [1.165, 1.54) is 12.5 Å². The second-order valence-electron chi connectivity index (χ2n) is 5.68. The molecule has 3 heteroatoms. The van der Waals surface area contributed by atoms with E-state index in [9.17, 15) is 9.59 Å². The van der Waals surface area contributed by atoms with E-state index in [2.05, 4.69) is 5.32 Å². The normalized spacial score (nSPS) is 10.4. The molecule has 0 amide bonds. The Hall–Kier alpha value is -2.42. The Morgan fingerprint density at radius 2 is 1.50 bits per heavy atom. The van der Waals surface area contributed by atoms with Gasteiger partial charge in [-0.25, -0.2) is 0 Å². The topological polar surface area (TPSA) is 46.2 Å². The number of nitrogens with one attached hydrogen (secondary N) is 1. The highest BCUT2D eigenvalue weighted by atomic mass is 16.1. The highest BCUT2D eigenvalue weighted by Crippen LogP contribution is 2.17. The van der Waals surface area contributed by atoms with E-state index in [0.29, 0.717) is 5.56 Å². The molecule has 0 saturated heterocycles. The first kappa shape index (κ1) is 16.0. The molecule has 0 fully saturated rings. The minimum atomic E-state index is 0.0357. The number of hydrogen-bond donors (Lipinski definition) is 1. The van der Waals surface area contributed by atoms with Gasteiger partial charge >= 0.3 is 0 Å². The molecule has 114 valence electrons. The monoisotopic (exact) mass is 295 g/mol. The third kappa shape index (κ3) is 3.61. The molecule has 0 saturated carbocycles. The van der Waals surface area contributed by atoms with Crippen LogP contribution in [0, 0.1) is 20.8 Å². The van der Waals surface area contributed by atoms with E-state index < -0.39 is 0 Å². The van der Waals surface area contributed by atoms with E-state index in [4.69, 9.17) is 0 Å². The summed E-state index contributed by atoms with van der Waals surface area (Å²) >= 11 is 0. The van der Waals surface area contributed by atoms with Crippen LogP contribution in [0.1, 0.15) is 44.3 Å². The van der Waals surface area contributed by atoms with Gasteiger partial charge in [-0.15, -0.1) is 0 Å². The molecular formula is C19H21NO2. The molecule has 2 aromatic rings. The first-order valence-corrected chi connectivity index (χ1v) is 7.34. The van der Waals surface area contributed by atoms with Crippen molar-refractivity contribution >= 4 is 17.3 Å². The minimum absolute atomic E-state index is 0.0357. The van der Waals surface area contributed by atoms with Crippen molar-refractivity contribution in [2.75, 3.05) is 11.9 Å². The van der Waals surface area contributed by atoms with Gasteiger partial charge in [-0.2, -0.15) is 0 Å². The van der Waals surface area contributed by atoms with Crippen molar-refractivity contribution in [3.63, 3.8) is 0 Å². The Morgan fingerprint density at radius 3 is 2.00 bits per heavy atom. The van der Waals surface area contributed by atoms with Gasteiger partial charge in [0.15, 0.2) is 11.6 Å². The molecule has 0 unspecified atom stereocenters. The number of carbonyl (C=O) groups excluding carboxylic acids is 2. The lowest BCUT2D eigenvalue weighted by atomic mass is 9.96. The second-order valence-corrected chi connectivity index (χ2v) is 5.68. The molecule has 22 heavy (non-hydrogen) atoms. The standard InChI is InChI=1S/C19H21NO2/c1-12-9-13(2)19(14(3)10-12)18(22)11-20-17-7-5-16(6-8-17)15(4)21/h5-10,20H,11H2,1-4H3. The van der Waals surface area contributed by atoms with Gasteiger partial charge < -0.3 is 5.32 Å². The van der Waals surface area contributed by atoms with E-state index in [0.717, 1.165) is 22.4 Å². The van der Waals surface area contributed by atoms with Crippen molar-refractivity contribution < 1.29 is 9.59 Å². The van der Waals surface area contributed by atoms with E-state index in [1.54, 1.807) is 12.1 Å². The molecule has 0 spiro atoms. The Labute approximate surface area is 131 Å². The predicted octanol–water partition coefficient (Wildman–Crippen LogP) is 4.11.